The molecule has 1 aromatic heterocycles. The van der Waals surface area contributed by atoms with E-state index in [-0.39, 0.29) is 15.8 Å². The SMILES string of the molecule is O=C(O)C1CCC(NCc2ccc([N+](=O)[O-])s2)CC1. The number of hydrogen-bond donors (Lipinski definition) is 2. The Morgan fingerprint density at radius 3 is 2.63 bits per heavy atom. The van der Waals surface area contributed by atoms with Gasteiger partial charge in [0.15, 0.2) is 0 Å². The lowest BCUT2D eigenvalue weighted by Gasteiger charge is -2.26. The quantitative estimate of drug-likeness (QED) is 0.639. The predicted octanol–water partition coefficient (Wildman–Crippen LogP) is 2.39. The van der Waals surface area contributed by atoms with Gasteiger partial charge in [0.1, 0.15) is 0 Å². The van der Waals surface area contributed by atoms with Crippen LogP contribution in [0.1, 0.15) is 30.6 Å². The molecule has 104 valence electrons. The van der Waals surface area contributed by atoms with Crippen LogP contribution in [0.15, 0.2) is 12.1 Å². The van der Waals surface area contributed by atoms with E-state index >= 15 is 0 Å². The van der Waals surface area contributed by atoms with Crippen molar-refractivity contribution < 1.29 is 14.8 Å². The topological polar surface area (TPSA) is 92.5 Å². The molecule has 1 fully saturated rings. The van der Waals surface area contributed by atoms with E-state index in [2.05, 4.69) is 5.32 Å². The van der Waals surface area contributed by atoms with Crippen molar-refractivity contribution in [2.45, 2.75) is 38.3 Å². The summed E-state index contributed by atoms with van der Waals surface area (Å²) >= 11 is 1.18. The van der Waals surface area contributed by atoms with E-state index in [0.717, 1.165) is 17.7 Å². The summed E-state index contributed by atoms with van der Waals surface area (Å²) in [5.74, 6) is -0.909. The Kier molecular flexibility index (Phi) is 4.49. The number of carbonyl (C=O) groups is 1. The van der Waals surface area contributed by atoms with Gasteiger partial charge >= 0.3 is 11.0 Å². The molecule has 19 heavy (non-hydrogen) atoms. The summed E-state index contributed by atoms with van der Waals surface area (Å²) in [5.41, 5.74) is 0. The second-order valence-corrected chi connectivity index (χ2v) is 5.91. The van der Waals surface area contributed by atoms with E-state index in [1.165, 1.54) is 17.4 Å². The molecule has 1 saturated carbocycles. The summed E-state index contributed by atoms with van der Waals surface area (Å²) in [6.45, 7) is 0.612. The second-order valence-electron chi connectivity index (χ2n) is 4.76. The number of nitrogens with zero attached hydrogens (tertiary/aromatic N) is 1. The minimum Gasteiger partial charge on any atom is -0.481 e. The van der Waals surface area contributed by atoms with Crippen molar-refractivity contribution in [3.8, 4) is 0 Å². The van der Waals surface area contributed by atoms with Crippen molar-refractivity contribution >= 4 is 22.3 Å². The maximum absolute atomic E-state index is 10.8. The highest BCUT2D eigenvalue weighted by atomic mass is 32.1. The highest BCUT2D eigenvalue weighted by Crippen LogP contribution is 2.26. The average Bonchev–Trinajstić information content (AvgIpc) is 2.86. The maximum Gasteiger partial charge on any atom is 0.324 e. The molecule has 0 bridgehead atoms. The molecular weight excluding hydrogens is 268 g/mol. The van der Waals surface area contributed by atoms with Gasteiger partial charge < -0.3 is 10.4 Å². The van der Waals surface area contributed by atoms with E-state index < -0.39 is 5.97 Å². The van der Waals surface area contributed by atoms with Crippen LogP contribution >= 0.6 is 11.3 Å². The van der Waals surface area contributed by atoms with Crippen molar-refractivity contribution in [1.29, 1.82) is 0 Å². The number of aliphatic carboxylic acids is 1. The number of hydrogen-bond acceptors (Lipinski definition) is 5. The molecule has 6 nitrogen and oxygen atoms in total. The number of carboxylic acids is 1. The van der Waals surface area contributed by atoms with Crippen molar-refractivity contribution in [1.82, 2.24) is 5.32 Å². The summed E-state index contributed by atoms with van der Waals surface area (Å²) in [4.78, 5) is 21.9. The van der Waals surface area contributed by atoms with Crippen molar-refractivity contribution in [3.05, 3.63) is 27.1 Å². The summed E-state index contributed by atoms with van der Waals surface area (Å²) in [6, 6.07) is 3.60. The van der Waals surface area contributed by atoms with E-state index in [1.807, 2.05) is 0 Å². The molecule has 1 aliphatic rings. The van der Waals surface area contributed by atoms with E-state index in [0.29, 0.717) is 25.4 Å². The van der Waals surface area contributed by atoms with E-state index in [1.54, 1.807) is 6.07 Å². The summed E-state index contributed by atoms with van der Waals surface area (Å²) in [5, 5.41) is 23.0. The predicted molar refractivity (Wildman–Crippen MR) is 71.2 cm³/mol. The molecule has 2 rings (SSSR count). The molecule has 2 N–H and O–H groups in total. The number of thiophene rings is 1. The molecule has 0 aromatic carbocycles. The molecule has 0 aliphatic heterocycles. The van der Waals surface area contributed by atoms with Crippen molar-refractivity contribution in [2.24, 2.45) is 5.92 Å². The Balaban J connectivity index is 1.77. The fourth-order valence-electron chi connectivity index (χ4n) is 2.35. The minimum atomic E-state index is -0.702. The monoisotopic (exact) mass is 284 g/mol. The van der Waals surface area contributed by atoms with Crippen LogP contribution < -0.4 is 5.32 Å². The van der Waals surface area contributed by atoms with Crippen LogP contribution in [0.25, 0.3) is 0 Å². The first-order chi connectivity index (χ1) is 9.06. The summed E-state index contributed by atoms with van der Waals surface area (Å²) < 4.78 is 0. The lowest BCUT2D eigenvalue weighted by Crippen LogP contribution is -2.34. The lowest BCUT2D eigenvalue weighted by atomic mass is 9.86. The molecule has 0 radical (unpaired) electrons. The van der Waals surface area contributed by atoms with Gasteiger partial charge in [-0.15, -0.1) is 0 Å². The van der Waals surface area contributed by atoms with Crippen LogP contribution in [-0.4, -0.2) is 22.0 Å². The first kappa shape index (κ1) is 14.0. The zero-order valence-electron chi connectivity index (χ0n) is 10.4. The first-order valence-corrected chi connectivity index (χ1v) is 7.07. The average molecular weight is 284 g/mol. The van der Waals surface area contributed by atoms with Crippen LogP contribution in [0, 0.1) is 16.0 Å². The molecule has 1 aliphatic carbocycles. The molecule has 1 heterocycles. The fourth-order valence-corrected chi connectivity index (χ4v) is 3.12. The molecule has 0 unspecified atom stereocenters. The Morgan fingerprint density at radius 2 is 2.11 bits per heavy atom. The van der Waals surface area contributed by atoms with Crippen molar-refractivity contribution in [2.75, 3.05) is 0 Å². The highest BCUT2D eigenvalue weighted by Gasteiger charge is 2.25. The summed E-state index contributed by atoms with van der Waals surface area (Å²) in [7, 11) is 0. The largest absolute Gasteiger partial charge is 0.481 e. The third kappa shape index (κ3) is 3.74. The van der Waals surface area contributed by atoms with Crippen LogP contribution in [0.2, 0.25) is 0 Å². The number of carboxylic acid groups (broad SMARTS) is 1. The van der Waals surface area contributed by atoms with Gasteiger partial charge in [0.05, 0.1) is 10.8 Å². The molecule has 1 aromatic rings. The Hall–Kier alpha value is -1.47. The Morgan fingerprint density at radius 1 is 1.42 bits per heavy atom. The van der Waals surface area contributed by atoms with E-state index in [4.69, 9.17) is 5.11 Å². The molecule has 0 amide bonds. The van der Waals surface area contributed by atoms with Gasteiger partial charge in [-0.2, -0.15) is 0 Å². The zero-order valence-corrected chi connectivity index (χ0v) is 11.2. The Labute approximate surface area is 114 Å². The number of nitrogens with one attached hydrogen (secondary N) is 1. The third-order valence-electron chi connectivity index (χ3n) is 3.47. The molecule has 0 saturated heterocycles. The fraction of sp³-hybridized carbons (Fsp3) is 0.583. The third-order valence-corrected chi connectivity index (χ3v) is 4.51. The normalized spacial score (nSPS) is 23.2. The molecular formula is C12H16N2O4S. The van der Waals surface area contributed by atoms with Gasteiger partial charge in [-0.3, -0.25) is 14.9 Å². The van der Waals surface area contributed by atoms with Crippen LogP contribution in [-0.2, 0) is 11.3 Å². The van der Waals surface area contributed by atoms with Crippen molar-refractivity contribution in [3.63, 3.8) is 0 Å². The highest BCUT2D eigenvalue weighted by molar-refractivity contribution is 7.15. The smallest absolute Gasteiger partial charge is 0.324 e. The minimum absolute atomic E-state index is 0.159. The number of nitro groups is 1. The van der Waals surface area contributed by atoms with Gasteiger partial charge in [-0.25, -0.2) is 0 Å². The van der Waals surface area contributed by atoms with Gasteiger partial charge in [0, 0.05) is 23.5 Å². The van der Waals surface area contributed by atoms with E-state index in [9.17, 15) is 14.9 Å². The maximum atomic E-state index is 10.8. The molecule has 7 heteroatoms. The summed E-state index contributed by atoms with van der Waals surface area (Å²) in [6.07, 6.45) is 3.12. The number of rotatable bonds is 5. The van der Waals surface area contributed by atoms with Gasteiger partial charge in [0.2, 0.25) is 0 Å². The van der Waals surface area contributed by atoms with Crippen LogP contribution in [0.5, 0.6) is 0 Å². The second kappa shape index (κ2) is 6.12. The standard InChI is InChI=1S/C12H16N2O4S/c15-12(16)8-1-3-9(4-2-8)13-7-10-5-6-11(19-10)14(17)18/h5-6,8-9,13H,1-4,7H2,(H,15,16). The van der Waals surface area contributed by atoms with Gasteiger partial charge in [-0.05, 0) is 31.7 Å². The molecule has 0 atom stereocenters. The zero-order chi connectivity index (χ0) is 13.8. The van der Waals surface area contributed by atoms with Crippen LogP contribution in [0.3, 0.4) is 0 Å². The lowest BCUT2D eigenvalue weighted by molar-refractivity contribution is -0.380. The van der Waals surface area contributed by atoms with Gasteiger partial charge in [-0.1, -0.05) is 11.3 Å². The van der Waals surface area contributed by atoms with Crippen LogP contribution in [0.4, 0.5) is 5.00 Å². The van der Waals surface area contributed by atoms with Gasteiger partial charge in [0.25, 0.3) is 0 Å². The Bertz CT molecular complexity index is 466. The molecule has 0 spiro atoms. The first-order valence-electron chi connectivity index (χ1n) is 6.25.